The van der Waals surface area contributed by atoms with Crippen molar-refractivity contribution < 1.29 is 0 Å². The van der Waals surface area contributed by atoms with Crippen LogP contribution in [0.5, 0.6) is 0 Å². The molecule has 0 aliphatic carbocycles. The van der Waals surface area contributed by atoms with Crippen LogP contribution in [-0.2, 0) is 6.32 Å². The van der Waals surface area contributed by atoms with Gasteiger partial charge < -0.3 is 5.32 Å². The van der Waals surface area contributed by atoms with E-state index in [1.807, 2.05) is 0 Å². The van der Waals surface area contributed by atoms with Crippen molar-refractivity contribution in [3.63, 3.8) is 0 Å². The molecule has 1 nitrogen and oxygen atoms in total. The summed E-state index contributed by atoms with van der Waals surface area (Å²) in [6.07, 6.45) is 10.7. The number of terminal acetylenes is 1. The Labute approximate surface area is 106 Å². The third-order valence-corrected chi connectivity index (χ3v) is 2.66. The molecule has 17 heavy (non-hydrogen) atoms. The van der Waals surface area contributed by atoms with E-state index < -0.39 is 0 Å². The molecule has 88 valence electrons. The molecule has 0 radical (unpaired) electrons. The lowest BCUT2D eigenvalue weighted by atomic mass is 9.74. The topological polar surface area (TPSA) is 12.0 Å². The summed E-state index contributed by atoms with van der Waals surface area (Å²) in [4.78, 5) is 0. The zero-order valence-corrected chi connectivity index (χ0v) is 10.7. The van der Waals surface area contributed by atoms with E-state index in [9.17, 15) is 0 Å². The standard InChI is InChI=1S/C15H20BN/c1-4-11-17-13(2)9-10-14-7-5-6-8-15(14)12-16-3/h1,5-10,13,16-17H,11-12H2,2-3H3/b10-9+. The van der Waals surface area contributed by atoms with E-state index in [2.05, 4.69) is 61.4 Å². The maximum atomic E-state index is 5.21. The van der Waals surface area contributed by atoms with E-state index in [1.54, 1.807) is 0 Å². The normalized spacial score (nSPS) is 12.3. The van der Waals surface area contributed by atoms with Crippen LogP contribution in [-0.4, -0.2) is 19.9 Å². The zero-order chi connectivity index (χ0) is 12.5. The van der Waals surface area contributed by atoms with E-state index in [4.69, 9.17) is 6.42 Å². The predicted molar refractivity (Wildman–Crippen MR) is 78.5 cm³/mol. The molecule has 1 aromatic carbocycles. The van der Waals surface area contributed by atoms with E-state index in [1.165, 1.54) is 18.4 Å². The van der Waals surface area contributed by atoms with Gasteiger partial charge in [0.2, 0.25) is 0 Å². The average Bonchev–Trinajstić information content (AvgIpc) is 2.35. The number of hydrogen-bond donors (Lipinski definition) is 1. The van der Waals surface area contributed by atoms with Crippen LogP contribution in [0.25, 0.3) is 6.08 Å². The highest BCUT2D eigenvalue weighted by Crippen LogP contribution is 2.11. The molecule has 0 saturated carbocycles. The molecular formula is C15H20BN. The molecule has 0 spiro atoms. The molecule has 0 aliphatic heterocycles. The minimum absolute atomic E-state index is 0.306. The van der Waals surface area contributed by atoms with Gasteiger partial charge in [-0.15, -0.1) is 6.42 Å². The van der Waals surface area contributed by atoms with Crippen molar-refractivity contribution in [2.75, 3.05) is 6.54 Å². The van der Waals surface area contributed by atoms with Crippen molar-refractivity contribution in [1.29, 1.82) is 0 Å². The van der Waals surface area contributed by atoms with Gasteiger partial charge in [-0.2, -0.15) is 0 Å². The highest BCUT2D eigenvalue weighted by Gasteiger charge is 1.98. The summed E-state index contributed by atoms with van der Waals surface area (Å²) < 4.78 is 0. The third kappa shape index (κ3) is 4.93. The van der Waals surface area contributed by atoms with E-state index in [0.717, 1.165) is 6.32 Å². The van der Waals surface area contributed by atoms with Gasteiger partial charge in [0.25, 0.3) is 0 Å². The first-order chi connectivity index (χ1) is 8.27. The van der Waals surface area contributed by atoms with Gasteiger partial charge in [0.05, 0.1) is 6.54 Å². The Morgan fingerprint density at radius 1 is 1.47 bits per heavy atom. The molecule has 0 heterocycles. The largest absolute Gasteiger partial charge is 0.300 e. The number of hydrogen-bond acceptors (Lipinski definition) is 1. The molecule has 2 heteroatoms. The molecule has 0 fully saturated rings. The van der Waals surface area contributed by atoms with Crippen LogP contribution in [0.4, 0.5) is 0 Å². The minimum atomic E-state index is 0.306. The zero-order valence-electron chi connectivity index (χ0n) is 10.7. The summed E-state index contributed by atoms with van der Waals surface area (Å²) in [6.45, 7) is 4.93. The van der Waals surface area contributed by atoms with Crippen molar-refractivity contribution in [1.82, 2.24) is 5.32 Å². The SMILES string of the molecule is C#CCNC(C)/C=C/c1ccccc1CBC. The van der Waals surface area contributed by atoms with Crippen LogP contribution < -0.4 is 5.32 Å². The van der Waals surface area contributed by atoms with Crippen molar-refractivity contribution in [3.8, 4) is 12.3 Å². The lowest BCUT2D eigenvalue weighted by Crippen LogP contribution is -2.23. The van der Waals surface area contributed by atoms with Crippen LogP contribution >= 0.6 is 0 Å². The van der Waals surface area contributed by atoms with Crippen LogP contribution in [0, 0.1) is 12.3 Å². The fourth-order valence-corrected chi connectivity index (χ4v) is 1.73. The monoisotopic (exact) mass is 225 g/mol. The Bertz CT molecular complexity index is 404. The predicted octanol–water partition coefficient (Wildman–Crippen LogP) is 2.30. The van der Waals surface area contributed by atoms with E-state index in [-0.39, 0.29) is 0 Å². The van der Waals surface area contributed by atoms with Gasteiger partial charge in [-0.1, -0.05) is 55.5 Å². The molecule has 1 rings (SSSR count). The molecule has 0 aliphatic rings. The molecule has 1 unspecified atom stereocenters. The summed E-state index contributed by atoms with van der Waals surface area (Å²) in [5.41, 5.74) is 2.72. The molecule has 0 amide bonds. The lowest BCUT2D eigenvalue weighted by molar-refractivity contribution is 0.695. The molecular weight excluding hydrogens is 205 g/mol. The first-order valence-corrected chi connectivity index (χ1v) is 6.21. The summed E-state index contributed by atoms with van der Waals surface area (Å²) in [5, 5.41) is 3.23. The fourth-order valence-electron chi connectivity index (χ4n) is 1.73. The minimum Gasteiger partial charge on any atom is -0.300 e. The van der Waals surface area contributed by atoms with Gasteiger partial charge in [-0.25, -0.2) is 0 Å². The summed E-state index contributed by atoms with van der Waals surface area (Å²) in [7, 11) is 1.18. The van der Waals surface area contributed by atoms with Crippen molar-refractivity contribution in [3.05, 3.63) is 41.5 Å². The summed E-state index contributed by atoms with van der Waals surface area (Å²) >= 11 is 0. The lowest BCUT2D eigenvalue weighted by Gasteiger charge is -2.07. The smallest absolute Gasteiger partial charge is 0.122 e. The van der Waals surface area contributed by atoms with Crippen molar-refractivity contribution in [2.24, 2.45) is 0 Å². The molecule has 1 N–H and O–H groups in total. The van der Waals surface area contributed by atoms with Crippen LogP contribution in [0.2, 0.25) is 6.82 Å². The Kier molecular flexibility index (Phi) is 6.21. The van der Waals surface area contributed by atoms with Gasteiger partial charge in [0.15, 0.2) is 0 Å². The van der Waals surface area contributed by atoms with Crippen LogP contribution in [0.1, 0.15) is 18.1 Å². The van der Waals surface area contributed by atoms with Crippen LogP contribution in [0.3, 0.4) is 0 Å². The third-order valence-electron chi connectivity index (χ3n) is 2.66. The maximum absolute atomic E-state index is 5.21. The Hall–Kier alpha value is -1.46. The fraction of sp³-hybridized carbons (Fsp3) is 0.333. The van der Waals surface area contributed by atoms with Gasteiger partial charge >= 0.3 is 0 Å². The Morgan fingerprint density at radius 2 is 2.24 bits per heavy atom. The van der Waals surface area contributed by atoms with Gasteiger partial charge in [0, 0.05) is 6.04 Å². The Balaban J connectivity index is 2.67. The molecule has 1 atom stereocenters. The molecule has 0 aromatic heterocycles. The van der Waals surface area contributed by atoms with Crippen molar-refractivity contribution >= 4 is 13.4 Å². The second-order valence-electron chi connectivity index (χ2n) is 4.18. The first kappa shape index (κ1) is 13.6. The number of nitrogens with one attached hydrogen (secondary N) is 1. The van der Waals surface area contributed by atoms with Gasteiger partial charge in [-0.3, -0.25) is 0 Å². The second kappa shape index (κ2) is 7.76. The quantitative estimate of drug-likeness (QED) is 0.578. The van der Waals surface area contributed by atoms with Gasteiger partial charge in [-0.05, 0) is 18.1 Å². The average molecular weight is 225 g/mol. The molecule has 1 aromatic rings. The highest BCUT2D eigenvalue weighted by molar-refractivity contribution is 6.33. The van der Waals surface area contributed by atoms with Crippen molar-refractivity contribution in [2.45, 2.75) is 26.1 Å². The van der Waals surface area contributed by atoms with Crippen LogP contribution in [0.15, 0.2) is 30.3 Å². The second-order valence-corrected chi connectivity index (χ2v) is 4.18. The van der Waals surface area contributed by atoms with E-state index >= 15 is 0 Å². The number of benzene rings is 1. The Morgan fingerprint density at radius 3 is 2.94 bits per heavy atom. The molecule has 0 bridgehead atoms. The van der Waals surface area contributed by atoms with Gasteiger partial charge in [0.1, 0.15) is 7.28 Å². The molecule has 0 saturated heterocycles. The first-order valence-electron chi connectivity index (χ1n) is 6.21. The number of rotatable bonds is 6. The summed E-state index contributed by atoms with van der Waals surface area (Å²) in [5.74, 6) is 2.58. The highest BCUT2D eigenvalue weighted by atomic mass is 14.9. The maximum Gasteiger partial charge on any atom is 0.122 e. The summed E-state index contributed by atoms with van der Waals surface area (Å²) in [6, 6.07) is 8.85. The van der Waals surface area contributed by atoms with E-state index in [0.29, 0.717) is 12.6 Å².